The number of aromatic hydroxyl groups is 3. The molecule has 0 bridgehead atoms. The van der Waals surface area contributed by atoms with E-state index in [2.05, 4.69) is 57.2 Å². The first-order valence-corrected chi connectivity index (χ1v) is 12.7. The maximum Gasteiger partial charge on any atom is 0.115 e. The van der Waals surface area contributed by atoms with E-state index in [1.54, 1.807) is 24.3 Å². The summed E-state index contributed by atoms with van der Waals surface area (Å²) in [4.78, 5) is 0. The van der Waals surface area contributed by atoms with Crippen LogP contribution in [0.1, 0.15) is 75.5 Å². The Morgan fingerprint density at radius 2 is 1.09 bits per heavy atom. The summed E-state index contributed by atoms with van der Waals surface area (Å²) in [6.45, 7) is 6.97. The molecule has 3 N–H and O–H groups in total. The van der Waals surface area contributed by atoms with Crippen LogP contribution < -0.4 is 0 Å². The molecule has 3 heteroatoms. The molecule has 0 heterocycles. The molecule has 0 radical (unpaired) electrons. The average molecular weight is 459 g/mol. The Balaban J connectivity index is 1.64. The summed E-state index contributed by atoms with van der Waals surface area (Å²) in [5.41, 5.74) is 3.66. The normalized spacial score (nSPS) is 18.0. The molecule has 3 nitrogen and oxygen atoms in total. The fourth-order valence-electron chi connectivity index (χ4n) is 5.84. The van der Waals surface area contributed by atoms with Crippen molar-refractivity contribution >= 4 is 0 Å². The largest absolute Gasteiger partial charge is 0.508 e. The molecule has 1 fully saturated rings. The van der Waals surface area contributed by atoms with Crippen molar-refractivity contribution in [2.45, 2.75) is 64.2 Å². The molecular weight excluding hydrogens is 420 g/mol. The van der Waals surface area contributed by atoms with Crippen molar-refractivity contribution in [2.75, 3.05) is 0 Å². The van der Waals surface area contributed by atoms with E-state index in [9.17, 15) is 15.3 Å². The van der Waals surface area contributed by atoms with Crippen molar-refractivity contribution in [3.8, 4) is 17.2 Å². The van der Waals surface area contributed by atoms with Crippen molar-refractivity contribution in [1.29, 1.82) is 0 Å². The van der Waals surface area contributed by atoms with E-state index in [4.69, 9.17) is 0 Å². The Bertz CT molecular complexity index is 996. The summed E-state index contributed by atoms with van der Waals surface area (Å²) in [5, 5.41) is 29.6. The van der Waals surface area contributed by atoms with Gasteiger partial charge in [0.05, 0.1) is 0 Å². The van der Waals surface area contributed by atoms with Gasteiger partial charge in [-0.2, -0.15) is 0 Å². The molecule has 2 atom stereocenters. The summed E-state index contributed by atoms with van der Waals surface area (Å²) in [7, 11) is 0. The van der Waals surface area contributed by atoms with E-state index in [1.165, 1.54) is 16.7 Å². The first kappa shape index (κ1) is 24.2. The Kier molecular flexibility index (Phi) is 7.21. The Morgan fingerprint density at radius 1 is 0.676 bits per heavy atom. The van der Waals surface area contributed by atoms with Gasteiger partial charge in [-0.15, -0.1) is 0 Å². The number of rotatable bonds is 7. The minimum Gasteiger partial charge on any atom is -0.508 e. The quantitative estimate of drug-likeness (QED) is 0.339. The molecular formula is C31H38O3. The third-order valence-electron chi connectivity index (χ3n) is 8.38. The van der Waals surface area contributed by atoms with Crippen LogP contribution in [-0.4, -0.2) is 15.3 Å². The fourth-order valence-corrected chi connectivity index (χ4v) is 5.84. The lowest BCUT2D eigenvalue weighted by Gasteiger charge is -2.44. The van der Waals surface area contributed by atoms with Crippen LogP contribution >= 0.6 is 0 Å². The second-order valence-corrected chi connectivity index (χ2v) is 10.7. The monoisotopic (exact) mass is 458 g/mol. The number of phenolic OH excluding ortho intramolecular Hbond substituents is 3. The first-order chi connectivity index (χ1) is 16.3. The number of hydrogen-bond donors (Lipinski definition) is 3. The highest BCUT2D eigenvalue weighted by Gasteiger charge is 2.40. The van der Waals surface area contributed by atoms with Crippen LogP contribution in [0.15, 0.2) is 72.8 Å². The summed E-state index contributed by atoms with van der Waals surface area (Å²) < 4.78 is 0. The van der Waals surface area contributed by atoms with Crippen molar-refractivity contribution in [3.63, 3.8) is 0 Å². The van der Waals surface area contributed by atoms with E-state index in [-0.39, 0.29) is 16.9 Å². The molecule has 0 aromatic heterocycles. The second-order valence-electron chi connectivity index (χ2n) is 10.7. The Labute approximate surface area is 204 Å². The highest BCUT2D eigenvalue weighted by Crippen LogP contribution is 2.51. The molecule has 34 heavy (non-hydrogen) atoms. The summed E-state index contributed by atoms with van der Waals surface area (Å²) in [6.07, 6.45) is 5.42. The molecule has 1 aliphatic carbocycles. The zero-order chi connectivity index (χ0) is 24.3. The van der Waals surface area contributed by atoms with Crippen molar-refractivity contribution in [3.05, 3.63) is 89.5 Å². The molecule has 0 saturated heterocycles. The van der Waals surface area contributed by atoms with Crippen LogP contribution in [0.2, 0.25) is 0 Å². The van der Waals surface area contributed by atoms with Gasteiger partial charge in [0.25, 0.3) is 0 Å². The fraction of sp³-hybridized carbons (Fsp3) is 0.419. The predicted molar refractivity (Wildman–Crippen MR) is 138 cm³/mol. The minimum atomic E-state index is -0.124. The maximum atomic E-state index is 9.88. The van der Waals surface area contributed by atoms with Gasteiger partial charge in [0, 0.05) is 5.41 Å². The molecule has 4 rings (SSSR count). The van der Waals surface area contributed by atoms with Gasteiger partial charge in [-0.05, 0) is 109 Å². The summed E-state index contributed by atoms with van der Waals surface area (Å²) in [6, 6.07) is 23.2. The van der Waals surface area contributed by atoms with Crippen LogP contribution in [0, 0.1) is 17.8 Å². The zero-order valence-corrected chi connectivity index (χ0v) is 20.6. The van der Waals surface area contributed by atoms with E-state index < -0.39 is 0 Å². The highest BCUT2D eigenvalue weighted by atomic mass is 16.3. The Morgan fingerprint density at radius 3 is 1.50 bits per heavy atom. The number of hydrogen-bond acceptors (Lipinski definition) is 3. The minimum absolute atomic E-state index is 0.124. The standard InChI is InChI=1S/C31H38O3/c1-21(2)22(3)20-30(23-4-10-27(32)11-5-23)24-16-18-31(19-17-24,25-6-12-28(33)13-7-25)26-8-14-29(34)15-9-26/h4-15,21-22,24,30,32-34H,16-20H2,1-3H3. The van der Waals surface area contributed by atoms with Crippen LogP contribution in [-0.2, 0) is 5.41 Å². The van der Waals surface area contributed by atoms with Gasteiger partial charge >= 0.3 is 0 Å². The van der Waals surface area contributed by atoms with Gasteiger partial charge in [-0.1, -0.05) is 57.2 Å². The predicted octanol–water partition coefficient (Wildman–Crippen LogP) is 7.75. The van der Waals surface area contributed by atoms with Crippen molar-refractivity contribution < 1.29 is 15.3 Å². The summed E-state index contributed by atoms with van der Waals surface area (Å²) in [5.74, 6) is 3.20. The SMILES string of the molecule is CC(C)C(C)CC(c1ccc(O)cc1)C1CCC(c2ccc(O)cc2)(c2ccc(O)cc2)CC1. The molecule has 180 valence electrons. The van der Waals surface area contributed by atoms with Gasteiger partial charge < -0.3 is 15.3 Å². The molecule has 0 amide bonds. The van der Waals surface area contributed by atoms with Gasteiger partial charge in [0.2, 0.25) is 0 Å². The topological polar surface area (TPSA) is 60.7 Å². The zero-order valence-electron chi connectivity index (χ0n) is 20.6. The molecule has 0 aliphatic heterocycles. The number of phenols is 3. The lowest BCUT2D eigenvalue weighted by atomic mass is 9.60. The molecule has 0 spiro atoms. The molecule has 1 saturated carbocycles. The Hall–Kier alpha value is -2.94. The van der Waals surface area contributed by atoms with E-state index >= 15 is 0 Å². The lowest BCUT2D eigenvalue weighted by molar-refractivity contribution is 0.208. The lowest BCUT2D eigenvalue weighted by Crippen LogP contribution is -2.35. The van der Waals surface area contributed by atoms with E-state index in [0.717, 1.165) is 32.1 Å². The van der Waals surface area contributed by atoms with Gasteiger partial charge in [0.1, 0.15) is 17.2 Å². The van der Waals surface area contributed by atoms with Crippen molar-refractivity contribution in [1.82, 2.24) is 0 Å². The maximum absolute atomic E-state index is 9.88. The van der Waals surface area contributed by atoms with E-state index in [1.807, 2.05) is 12.1 Å². The molecule has 3 aromatic carbocycles. The van der Waals surface area contributed by atoms with Crippen LogP contribution in [0.5, 0.6) is 17.2 Å². The van der Waals surface area contributed by atoms with Gasteiger partial charge in [-0.25, -0.2) is 0 Å². The van der Waals surface area contributed by atoms with Gasteiger partial charge in [0.15, 0.2) is 0 Å². The average Bonchev–Trinajstić information content (AvgIpc) is 2.84. The number of benzene rings is 3. The second kappa shape index (κ2) is 10.1. The summed E-state index contributed by atoms with van der Waals surface area (Å²) >= 11 is 0. The molecule has 2 unspecified atom stereocenters. The van der Waals surface area contributed by atoms with Crippen LogP contribution in [0.4, 0.5) is 0 Å². The van der Waals surface area contributed by atoms with Crippen LogP contribution in [0.3, 0.4) is 0 Å². The highest BCUT2D eigenvalue weighted by molar-refractivity contribution is 5.43. The molecule has 3 aromatic rings. The van der Waals surface area contributed by atoms with Crippen molar-refractivity contribution in [2.24, 2.45) is 17.8 Å². The smallest absolute Gasteiger partial charge is 0.115 e. The molecule has 1 aliphatic rings. The van der Waals surface area contributed by atoms with Crippen LogP contribution in [0.25, 0.3) is 0 Å². The van der Waals surface area contributed by atoms with E-state index in [0.29, 0.717) is 29.4 Å². The first-order valence-electron chi connectivity index (χ1n) is 12.7. The third kappa shape index (κ3) is 5.09. The third-order valence-corrected chi connectivity index (χ3v) is 8.38. The van der Waals surface area contributed by atoms with Gasteiger partial charge in [-0.3, -0.25) is 0 Å².